The number of halogens is 1. The highest BCUT2D eigenvalue weighted by atomic mass is 35.5. The number of rotatable bonds is 6. The van der Waals surface area contributed by atoms with E-state index in [-0.39, 0.29) is 22.0 Å². The third kappa shape index (κ3) is 5.31. The van der Waals surface area contributed by atoms with Crippen molar-refractivity contribution in [3.8, 4) is 17.0 Å². The van der Waals surface area contributed by atoms with Gasteiger partial charge in [-0.25, -0.2) is 14.8 Å². The van der Waals surface area contributed by atoms with E-state index >= 15 is 0 Å². The van der Waals surface area contributed by atoms with Crippen LogP contribution in [0.25, 0.3) is 11.3 Å². The predicted molar refractivity (Wildman–Crippen MR) is 125 cm³/mol. The van der Waals surface area contributed by atoms with Crippen LogP contribution in [0.2, 0.25) is 5.02 Å². The number of aryl methyl sites for hydroxylation is 1. The average Bonchev–Trinajstić information content (AvgIpc) is 2.79. The fourth-order valence-electron chi connectivity index (χ4n) is 3.12. The zero-order valence-corrected chi connectivity index (χ0v) is 18.1. The summed E-state index contributed by atoms with van der Waals surface area (Å²) in [5.74, 6) is 0.738. The predicted octanol–water partition coefficient (Wildman–Crippen LogP) is 5.98. The molecule has 4 aromatic rings. The van der Waals surface area contributed by atoms with Crippen molar-refractivity contribution in [1.29, 1.82) is 0 Å². The van der Waals surface area contributed by atoms with Gasteiger partial charge in [-0.1, -0.05) is 48.0 Å². The van der Waals surface area contributed by atoms with E-state index in [2.05, 4.69) is 15.3 Å². The Kier molecular flexibility index (Phi) is 6.28. The molecule has 0 bridgehead atoms. The number of nitro benzene ring substituents is 1. The highest BCUT2D eigenvalue weighted by molar-refractivity contribution is 6.33. The second kappa shape index (κ2) is 9.46. The second-order valence-electron chi connectivity index (χ2n) is 7.02. The van der Waals surface area contributed by atoms with E-state index < -0.39 is 10.9 Å². The van der Waals surface area contributed by atoms with Gasteiger partial charge in [0.25, 0.3) is 5.69 Å². The molecule has 0 fully saturated rings. The Bertz CT molecular complexity index is 1350. The largest absolute Gasteiger partial charge is 0.423 e. The van der Waals surface area contributed by atoms with Gasteiger partial charge < -0.3 is 10.1 Å². The number of carbonyl (C=O) groups excluding carboxylic acids is 1. The smallest absolute Gasteiger partial charge is 0.345 e. The standard InChI is InChI=1S/C24H17ClN4O4/c1-15-26-22(16-6-3-2-4-7-16)14-23(27-15)28-17-8-5-9-19(12-17)33-24(30)20-11-10-18(29(31)32)13-21(20)25/h2-14H,1H3,(H,26,27,28). The molecule has 1 heterocycles. The number of aromatic nitrogens is 2. The minimum atomic E-state index is -0.726. The van der Waals surface area contributed by atoms with E-state index in [4.69, 9.17) is 16.3 Å². The van der Waals surface area contributed by atoms with Gasteiger partial charge >= 0.3 is 5.97 Å². The first kappa shape index (κ1) is 21.9. The monoisotopic (exact) mass is 460 g/mol. The zero-order chi connectivity index (χ0) is 23.4. The molecule has 0 unspecified atom stereocenters. The average molecular weight is 461 g/mol. The van der Waals surface area contributed by atoms with Gasteiger partial charge in [-0.05, 0) is 25.1 Å². The van der Waals surface area contributed by atoms with Gasteiger partial charge in [0, 0.05) is 35.5 Å². The number of nitrogens with one attached hydrogen (secondary N) is 1. The Morgan fingerprint density at radius 2 is 1.79 bits per heavy atom. The van der Waals surface area contributed by atoms with Gasteiger partial charge in [0.05, 0.1) is 21.2 Å². The topological polar surface area (TPSA) is 107 Å². The van der Waals surface area contributed by atoms with E-state index in [0.29, 0.717) is 17.3 Å². The van der Waals surface area contributed by atoms with E-state index in [0.717, 1.165) is 17.3 Å². The van der Waals surface area contributed by atoms with Crippen LogP contribution in [0.15, 0.2) is 78.9 Å². The Labute approximate surface area is 194 Å². The van der Waals surface area contributed by atoms with Crippen LogP contribution in [0.3, 0.4) is 0 Å². The molecule has 1 N–H and O–H groups in total. The lowest BCUT2D eigenvalue weighted by Gasteiger charge is -2.11. The van der Waals surface area contributed by atoms with Crippen LogP contribution in [0.1, 0.15) is 16.2 Å². The Morgan fingerprint density at radius 1 is 1.00 bits per heavy atom. The Hall–Kier alpha value is -4.30. The Balaban J connectivity index is 1.53. The second-order valence-corrected chi connectivity index (χ2v) is 7.42. The maximum atomic E-state index is 12.5. The molecular weight excluding hydrogens is 444 g/mol. The maximum Gasteiger partial charge on any atom is 0.345 e. The quantitative estimate of drug-likeness (QED) is 0.163. The molecule has 0 saturated carbocycles. The first-order valence-electron chi connectivity index (χ1n) is 9.83. The summed E-state index contributed by atoms with van der Waals surface area (Å²) in [6, 6.07) is 21.9. The van der Waals surface area contributed by atoms with Gasteiger partial charge in [0.1, 0.15) is 17.4 Å². The number of carbonyl (C=O) groups is 1. The number of nitro groups is 1. The highest BCUT2D eigenvalue weighted by Gasteiger charge is 2.17. The summed E-state index contributed by atoms with van der Waals surface area (Å²) >= 11 is 6.02. The molecular formula is C24H17ClN4O4. The lowest BCUT2D eigenvalue weighted by Crippen LogP contribution is -2.09. The molecule has 0 aliphatic heterocycles. The number of anilines is 2. The minimum absolute atomic E-state index is 0.0274. The molecule has 0 spiro atoms. The fraction of sp³-hybridized carbons (Fsp3) is 0.0417. The van der Waals surface area contributed by atoms with Crippen LogP contribution < -0.4 is 10.1 Å². The van der Waals surface area contributed by atoms with Crippen molar-refractivity contribution in [2.75, 3.05) is 5.32 Å². The normalized spacial score (nSPS) is 10.5. The van der Waals surface area contributed by atoms with Crippen LogP contribution in [-0.4, -0.2) is 20.9 Å². The minimum Gasteiger partial charge on any atom is -0.423 e. The molecule has 9 heteroatoms. The third-order valence-electron chi connectivity index (χ3n) is 4.61. The van der Waals surface area contributed by atoms with Crippen molar-refractivity contribution in [1.82, 2.24) is 9.97 Å². The number of non-ortho nitro benzene ring substituents is 1. The first-order chi connectivity index (χ1) is 15.9. The molecule has 1 aromatic heterocycles. The fourth-order valence-corrected chi connectivity index (χ4v) is 3.37. The van der Waals surface area contributed by atoms with Crippen molar-refractivity contribution in [3.63, 3.8) is 0 Å². The molecule has 8 nitrogen and oxygen atoms in total. The molecule has 0 atom stereocenters. The molecule has 33 heavy (non-hydrogen) atoms. The van der Waals surface area contributed by atoms with E-state index in [1.165, 1.54) is 12.1 Å². The van der Waals surface area contributed by atoms with Crippen LogP contribution in [0.4, 0.5) is 17.2 Å². The van der Waals surface area contributed by atoms with E-state index in [9.17, 15) is 14.9 Å². The van der Waals surface area contributed by atoms with Gasteiger partial charge in [0.15, 0.2) is 0 Å². The van der Waals surface area contributed by atoms with Gasteiger partial charge in [-0.2, -0.15) is 0 Å². The molecule has 3 aromatic carbocycles. The van der Waals surface area contributed by atoms with Crippen molar-refractivity contribution in [2.24, 2.45) is 0 Å². The number of hydrogen-bond donors (Lipinski definition) is 1. The number of hydrogen-bond acceptors (Lipinski definition) is 7. The zero-order valence-electron chi connectivity index (χ0n) is 17.4. The number of esters is 1. The lowest BCUT2D eigenvalue weighted by atomic mass is 10.1. The van der Waals surface area contributed by atoms with Gasteiger partial charge in [-0.3, -0.25) is 10.1 Å². The molecule has 0 amide bonds. The molecule has 164 valence electrons. The number of ether oxygens (including phenoxy) is 1. The molecule has 0 saturated heterocycles. The van der Waals surface area contributed by atoms with Crippen LogP contribution in [-0.2, 0) is 0 Å². The van der Waals surface area contributed by atoms with Crippen molar-refractivity contribution < 1.29 is 14.5 Å². The summed E-state index contributed by atoms with van der Waals surface area (Å²) in [6.07, 6.45) is 0. The van der Waals surface area contributed by atoms with Gasteiger partial charge in [-0.15, -0.1) is 0 Å². The maximum absolute atomic E-state index is 12.5. The number of benzene rings is 3. The van der Waals surface area contributed by atoms with Crippen molar-refractivity contribution in [2.45, 2.75) is 6.92 Å². The van der Waals surface area contributed by atoms with Crippen molar-refractivity contribution >= 4 is 34.8 Å². The van der Waals surface area contributed by atoms with Crippen LogP contribution in [0, 0.1) is 17.0 Å². The summed E-state index contributed by atoms with van der Waals surface area (Å²) in [5, 5.41) is 14.0. The summed E-state index contributed by atoms with van der Waals surface area (Å²) in [7, 11) is 0. The summed E-state index contributed by atoms with van der Waals surface area (Å²) in [4.78, 5) is 31.7. The molecule has 4 rings (SSSR count). The van der Waals surface area contributed by atoms with Crippen LogP contribution >= 0.6 is 11.6 Å². The van der Waals surface area contributed by atoms with E-state index in [1.54, 1.807) is 24.3 Å². The van der Waals surface area contributed by atoms with Gasteiger partial charge in [0.2, 0.25) is 0 Å². The van der Waals surface area contributed by atoms with Crippen molar-refractivity contribution in [3.05, 3.63) is 105 Å². The molecule has 0 aliphatic rings. The van der Waals surface area contributed by atoms with E-state index in [1.807, 2.05) is 43.3 Å². The van der Waals surface area contributed by atoms with Crippen LogP contribution in [0.5, 0.6) is 5.75 Å². The molecule has 0 aliphatic carbocycles. The highest BCUT2D eigenvalue weighted by Crippen LogP contribution is 2.27. The summed E-state index contributed by atoms with van der Waals surface area (Å²) in [5.41, 5.74) is 2.21. The first-order valence-corrected chi connectivity index (χ1v) is 10.2. The Morgan fingerprint density at radius 3 is 2.52 bits per heavy atom. The lowest BCUT2D eigenvalue weighted by molar-refractivity contribution is -0.384. The molecule has 0 radical (unpaired) electrons. The SMILES string of the molecule is Cc1nc(Nc2cccc(OC(=O)c3ccc([N+](=O)[O-])cc3Cl)c2)cc(-c2ccccc2)n1. The number of nitrogens with zero attached hydrogens (tertiary/aromatic N) is 3. The summed E-state index contributed by atoms with van der Waals surface area (Å²) in [6.45, 7) is 1.81. The summed E-state index contributed by atoms with van der Waals surface area (Å²) < 4.78 is 5.41. The third-order valence-corrected chi connectivity index (χ3v) is 4.92.